The van der Waals surface area contributed by atoms with Gasteiger partial charge in [-0.25, -0.2) is 4.98 Å². The van der Waals surface area contributed by atoms with Crippen LogP contribution < -0.4 is 5.32 Å². The van der Waals surface area contributed by atoms with Crippen LogP contribution in [0.3, 0.4) is 0 Å². The van der Waals surface area contributed by atoms with E-state index in [4.69, 9.17) is 0 Å². The molecule has 5 heteroatoms. The first kappa shape index (κ1) is 12.9. The van der Waals surface area contributed by atoms with Crippen LogP contribution in [-0.2, 0) is 13.0 Å². The van der Waals surface area contributed by atoms with Gasteiger partial charge >= 0.3 is 0 Å². The number of aryl methyl sites for hydroxylation is 1. The zero-order valence-corrected chi connectivity index (χ0v) is 10.8. The molecule has 1 aliphatic rings. The van der Waals surface area contributed by atoms with Crippen LogP contribution in [0, 0.1) is 0 Å². The Bertz CT molecular complexity index is 299. The standard InChI is InChI=1S/C10H17N3S.ClH/c1-3-10-12-8(7-14-10)6-13(2)9-4-11-5-9;/h7,9,11H,3-6H2,1-2H3;1H. The summed E-state index contributed by atoms with van der Waals surface area (Å²) in [6.07, 6.45) is 1.05. The molecule has 0 amide bonds. The van der Waals surface area contributed by atoms with Gasteiger partial charge in [-0.15, -0.1) is 23.7 Å². The van der Waals surface area contributed by atoms with E-state index < -0.39 is 0 Å². The van der Waals surface area contributed by atoms with Gasteiger partial charge < -0.3 is 5.32 Å². The number of halogens is 1. The topological polar surface area (TPSA) is 28.2 Å². The number of rotatable bonds is 4. The highest BCUT2D eigenvalue weighted by Crippen LogP contribution is 2.13. The molecular weight excluding hydrogens is 230 g/mol. The molecule has 2 rings (SSSR count). The maximum atomic E-state index is 4.57. The van der Waals surface area contributed by atoms with Crippen LogP contribution in [0.5, 0.6) is 0 Å². The summed E-state index contributed by atoms with van der Waals surface area (Å²) in [5, 5.41) is 6.72. The SMILES string of the molecule is CCc1nc(CN(C)C2CNC2)cs1.Cl. The van der Waals surface area contributed by atoms with E-state index in [9.17, 15) is 0 Å². The van der Waals surface area contributed by atoms with Crippen molar-refractivity contribution in [1.82, 2.24) is 15.2 Å². The zero-order chi connectivity index (χ0) is 9.97. The number of likely N-dealkylation sites (N-methyl/N-ethyl adjacent to an activating group) is 1. The normalized spacial score (nSPS) is 16.2. The maximum absolute atomic E-state index is 4.57. The molecule has 15 heavy (non-hydrogen) atoms. The van der Waals surface area contributed by atoms with E-state index in [1.165, 1.54) is 10.7 Å². The summed E-state index contributed by atoms with van der Waals surface area (Å²) >= 11 is 1.78. The fraction of sp³-hybridized carbons (Fsp3) is 0.700. The van der Waals surface area contributed by atoms with Crippen molar-refractivity contribution in [2.24, 2.45) is 0 Å². The van der Waals surface area contributed by atoms with Crippen LogP contribution in [-0.4, -0.2) is 36.1 Å². The Morgan fingerprint density at radius 2 is 2.33 bits per heavy atom. The molecule has 2 heterocycles. The quantitative estimate of drug-likeness (QED) is 0.875. The van der Waals surface area contributed by atoms with Crippen molar-refractivity contribution < 1.29 is 0 Å². The Hall–Kier alpha value is -0.160. The minimum Gasteiger partial charge on any atom is -0.314 e. The molecule has 0 aliphatic carbocycles. The summed E-state index contributed by atoms with van der Waals surface area (Å²) in [4.78, 5) is 6.95. The van der Waals surface area contributed by atoms with E-state index in [0.717, 1.165) is 26.1 Å². The van der Waals surface area contributed by atoms with Crippen molar-refractivity contribution in [3.05, 3.63) is 16.1 Å². The lowest BCUT2D eigenvalue weighted by Gasteiger charge is -2.35. The molecule has 1 fully saturated rings. The number of hydrogen-bond acceptors (Lipinski definition) is 4. The number of thiazole rings is 1. The van der Waals surface area contributed by atoms with Crippen LogP contribution in [0.25, 0.3) is 0 Å². The highest BCUT2D eigenvalue weighted by atomic mass is 35.5. The lowest BCUT2D eigenvalue weighted by Crippen LogP contribution is -2.55. The molecule has 1 N–H and O–H groups in total. The predicted octanol–water partition coefficient (Wildman–Crippen LogP) is 1.53. The average molecular weight is 248 g/mol. The van der Waals surface area contributed by atoms with Crippen molar-refractivity contribution >= 4 is 23.7 Å². The lowest BCUT2D eigenvalue weighted by molar-refractivity contribution is 0.171. The molecular formula is C10H18ClN3S. The Kier molecular flexibility index (Phi) is 4.99. The van der Waals surface area contributed by atoms with E-state index in [0.29, 0.717) is 6.04 Å². The van der Waals surface area contributed by atoms with E-state index in [1.54, 1.807) is 11.3 Å². The number of nitrogens with one attached hydrogen (secondary N) is 1. The fourth-order valence-electron chi connectivity index (χ4n) is 1.55. The summed E-state index contributed by atoms with van der Waals surface area (Å²) in [5.74, 6) is 0. The zero-order valence-electron chi connectivity index (χ0n) is 9.19. The van der Waals surface area contributed by atoms with Crippen LogP contribution in [0.4, 0.5) is 0 Å². The third-order valence-corrected chi connectivity index (χ3v) is 3.74. The molecule has 0 radical (unpaired) electrons. The van der Waals surface area contributed by atoms with E-state index in [1.807, 2.05) is 0 Å². The third kappa shape index (κ3) is 3.14. The van der Waals surface area contributed by atoms with Gasteiger partial charge in [0, 0.05) is 31.1 Å². The predicted molar refractivity (Wildman–Crippen MR) is 66.9 cm³/mol. The average Bonchev–Trinajstić information content (AvgIpc) is 2.48. The van der Waals surface area contributed by atoms with Gasteiger partial charge in [0.15, 0.2) is 0 Å². The van der Waals surface area contributed by atoms with Gasteiger partial charge in [0.25, 0.3) is 0 Å². The summed E-state index contributed by atoms with van der Waals surface area (Å²) in [6.45, 7) is 5.40. The molecule has 0 unspecified atom stereocenters. The Labute approximate surface area is 101 Å². The van der Waals surface area contributed by atoms with E-state index in [-0.39, 0.29) is 12.4 Å². The van der Waals surface area contributed by atoms with Gasteiger partial charge in [0.05, 0.1) is 10.7 Å². The smallest absolute Gasteiger partial charge is 0.0926 e. The molecule has 0 atom stereocenters. The molecule has 0 saturated carbocycles. The van der Waals surface area contributed by atoms with Crippen LogP contribution in [0.15, 0.2) is 5.38 Å². The van der Waals surface area contributed by atoms with Gasteiger partial charge in [0.2, 0.25) is 0 Å². The lowest BCUT2D eigenvalue weighted by atomic mass is 10.1. The Balaban J connectivity index is 0.00000112. The summed E-state index contributed by atoms with van der Waals surface area (Å²) in [7, 11) is 2.18. The minimum atomic E-state index is 0. The van der Waals surface area contributed by atoms with Crippen molar-refractivity contribution in [2.75, 3.05) is 20.1 Å². The Morgan fingerprint density at radius 3 is 2.80 bits per heavy atom. The van der Waals surface area contributed by atoms with E-state index >= 15 is 0 Å². The van der Waals surface area contributed by atoms with Crippen LogP contribution >= 0.6 is 23.7 Å². The molecule has 1 saturated heterocycles. The Morgan fingerprint density at radius 1 is 1.60 bits per heavy atom. The highest BCUT2D eigenvalue weighted by Gasteiger charge is 2.21. The largest absolute Gasteiger partial charge is 0.314 e. The summed E-state index contributed by atoms with van der Waals surface area (Å²) < 4.78 is 0. The second-order valence-corrected chi connectivity index (χ2v) is 4.76. The summed E-state index contributed by atoms with van der Waals surface area (Å²) in [6, 6.07) is 0.710. The van der Waals surface area contributed by atoms with Gasteiger partial charge in [-0.3, -0.25) is 4.90 Å². The molecule has 1 aromatic heterocycles. The molecule has 0 bridgehead atoms. The van der Waals surface area contributed by atoms with Gasteiger partial charge in [-0.1, -0.05) is 6.92 Å². The van der Waals surface area contributed by atoms with Crippen molar-refractivity contribution in [3.8, 4) is 0 Å². The molecule has 0 aromatic carbocycles. The molecule has 1 aliphatic heterocycles. The second kappa shape index (κ2) is 5.80. The van der Waals surface area contributed by atoms with Gasteiger partial charge in [-0.2, -0.15) is 0 Å². The molecule has 3 nitrogen and oxygen atoms in total. The summed E-state index contributed by atoms with van der Waals surface area (Å²) in [5.41, 5.74) is 1.22. The fourth-order valence-corrected chi connectivity index (χ4v) is 2.29. The highest BCUT2D eigenvalue weighted by molar-refractivity contribution is 7.09. The van der Waals surface area contributed by atoms with Crippen LogP contribution in [0.2, 0.25) is 0 Å². The first-order valence-corrected chi connectivity index (χ1v) is 6.01. The number of aromatic nitrogens is 1. The van der Waals surface area contributed by atoms with Crippen molar-refractivity contribution in [2.45, 2.75) is 25.9 Å². The second-order valence-electron chi connectivity index (χ2n) is 3.81. The number of nitrogens with zero attached hydrogens (tertiary/aromatic N) is 2. The third-order valence-electron chi connectivity index (χ3n) is 2.70. The molecule has 1 aromatic rings. The first-order valence-electron chi connectivity index (χ1n) is 5.14. The van der Waals surface area contributed by atoms with E-state index in [2.05, 4.69) is 34.6 Å². The van der Waals surface area contributed by atoms with Crippen molar-refractivity contribution in [3.63, 3.8) is 0 Å². The first-order chi connectivity index (χ1) is 6.79. The van der Waals surface area contributed by atoms with Crippen LogP contribution in [0.1, 0.15) is 17.6 Å². The maximum Gasteiger partial charge on any atom is 0.0926 e. The molecule has 86 valence electrons. The minimum absolute atomic E-state index is 0. The van der Waals surface area contributed by atoms with Gasteiger partial charge in [-0.05, 0) is 13.5 Å². The monoisotopic (exact) mass is 247 g/mol. The van der Waals surface area contributed by atoms with Gasteiger partial charge in [0.1, 0.15) is 0 Å². The van der Waals surface area contributed by atoms with Crippen molar-refractivity contribution in [1.29, 1.82) is 0 Å². The molecule has 0 spiro atoms. The number of hydrogen-bond donors (Lipinski definition) is 1.